The molecule has 0 spiro atoms. The summed E-state index contributed by atoms with van der Waals surface area (Å²) in [6.45, 7) is 3.73. The number of carboxylic acids is 1. The van der Waals surface area contributed by atoms with Crippen molar-refractivity contribution in [3.8, 4) is 0 Å². The molecule has 1 aromatic rings. The molecule has 3 N–H and O–H groups in total. The molecule has 0 fully saturated rings. The minimum absolute atomic E-state index is 0.459. The third-order valence-corrected chi connectivity index (χ3v) is 4.04. The molecule has 1 rings (SSSR count). The van der Waals surface area contributed by atoms with Crippen LogP contribution in [0.2, 0.25) is 0 Å². The van der Waals surface area contributed by atoms with Gasteiger partial charge in [-0.3, -0.25) is 9.78 Å². The van der Waals surface area contributed by atoms with Gasteiger partial charge >= 0.3 is 5.97 Å². The molecule has 0 saturated carbocycles. The summed E-state index contributed by atoms with van der Waals surface area (Å²) in [7, 11) is 0. The largest absolute Gasteiger partial charge is 0.480 e. The summed E-state index contributed by atoms with van der Waals surface area (Å²) in [6.07, 6.45) is 4.41. The van der Waals surface area contributed by atoms with Crippen LogP contribution in [0.3, 0.4) is 0 Å². The third-order valence-electron chi connectivity index (χ3n) is 2.63. The Balaban J connectivity index is 2.43. The predicted molar refractivity (Wildman–Crippen MR) is 70.1 cm³/mol. The van der Waals surface area contributed by atoms with E-state index in [0.29, 0.717) is 0 Å². The van der Waals surface area contributed by atoms with E-state index in [-0.39, 0.29) is 0 Å². The Morgan fingerprint density at radius 1 is 1.53 bits per heavy atom. The van der Waals surface area contributed by atoms with Gasteiger partial charge in [-0.2, -0.15) is 11.8 Å². The number of carbonyl (C=O) groups is 1. The van der Waals surface area contributed by atoms with Gasteiger partial charge in [-0.1, -0.05) is 0 Å². The molecule has 0 aromatic carbocycles. The zero-order valence-corrected chi connectivity index (χ0v) is 10.9. The molecule has 0 aliphatic rings. The van der Waals surface area contributed by atoms with E-state index in [9.17, 15) is 4.79 Å². The first-order valence-corrected chi connectivity index (χ1v) is 6.43. The van der Waals surface area contributed by atoms with Gasteiger partial charge in [0, 0.05) is 17.1 Å². The molecule has 1 atom stereocenters. The SMILES string of the molecule is CC(C)(SCCc1ccncc1)C(N)C(=O)O. The van der Waals surface area contributed by atoms with Crippen molar-refractivity contribution in [3.05, 3.63) is 30.1 Å². The van der Waals surface area contributed by atoms with Crippen molar-refractivity contribution in [2.24, 2.45) is 5.73 Å². The average Bonchev–Trinajstić information content (AvgIpc) is 2.29. The summed E-state index contributed by atoms with van der Waals surface area (Å²) in [5.41, 5.74) is 6.84. The maximum absolute atomic E-state index is 10.8. The number of rotatable bonds is 6. The summed E-state index contributed by atoms with van der Waals surface area (Å²) < 4.78 is -0.459. The van der Waals surface area contributed by atoms with Crippen LogP contribution in [0.5, 0.6) is 0 Å². The van der Waals surface area contributed by atoms with Gasteiger partial charge in [0.1, 0.15) is 6.04 Å². The summed E-state index contributed by atoms with van der Waals surface area (Å²) >= 11 is 1.58. The second-order valence-electron chi connectivity index (χ2n) is 4.37. The van der Waals surface area contributed by atoms with E-state index in [1.165, 1.54) is 5.56 Å². The van der Waals surface area contributed by atoms with Gasteiger partial charge < -0.3 is 10.8 Å². The molecule has 0 amide bonds. The monoisotopic (exact) mass is 254 g/mol. The second kappa shape index (κ2) is 6.02. The molecule has 0 bridgehead atoms. The van der Waals surface area contributed by atoms with Gasteiger partial charge in [-0.15, -0.1) is 0 Å². The van der Waals surface area contributed by atoms with Crippen LogP contribution in [0.15, 0.2) is 24.5 Å². The Labute approximate surface area is 106 Å². The molecule has 94 valence electrons. The highest BCUT2D eigenvalue weighted by atomic mass is 32.2. The lowest BCUT2D eigenvalue weighted by atomic mass is 10.1. The van der Waals surface area contributed by atoms with E-state index in [4.69, 9.17) is 10.8 Å². The van der Waals surface area contributed by atoms with Gasteiger partial charge in [0.25, 0.3) is 0 Å². The zero-order chi connectivity index (χ0) is 12.9. The lowest BCUT2D eigenvalue weighted by Crippen LogP contribution is -2.46. The first kappa shape index (κ1) is 14.0. The Morgan fingerprint density at radius 3 is 2.65 bits per heavy atom. The Hall–Kier alpha value is -1.07. The average molecular weight is 254 g/mol. The van der Waals surface area contributed by atoms with Crippen LogP contribution in [0.1, 0.15) is 19.4 Å². The maximum atomic E-state index is 10.8. The number of nitrogens with two attached hydrogens (primary N) is 1. The van der Waals surface area contributed by atoms with Crippen molar-refractivity contribution in [3.63, 3.8) is 0 Å². The van der Waals surface area contributed by atoms with Gasteiger partial charge in [0.2, 0.25) is 0 Å². The van der Waals surface area contributed by atoms with Crippen LogP contribution in [0.4, 0.5) is 0 Å². The molecule has 5 heteroatoms. The van der Waals surface area contributed by atoms with Crippen LogP contribution < -0.4 is 5.73 Å². The van der Waals surface area contributed by atoms with E-state index in [1.54, 1.807) is 24.2 Å². The second-order valence-corrected chi connectivity index (χ2v) is 6.12. The zero-order valence-electron chi connectivity index (χ0n) is 10.1. The highest BCUT2D eigenvalue weighted by Crippen LogP contribution is 2.28. The van der Waals surface area contributed by atoms with Crippen LogP contribution in [-0.2, 0) is 11.2 Å². The number of carboxylic acid groups (broad SMARTS) is 1. The number of aryl methyl sites for hydroxylation is 1. The number of nitrogens with zero attached hydrogens (tertiary/aromatic N) is 1. The van der Waals surface area contributed by atoms with Gasteiger partial charge in [0.05, 0.1) is 0 Å². The minimum Gasteiger partial charge on any atom is -0.480 e. The number of hydrogen-bond donors (Lipinski definition) is 2. The molecule has 1 unspecified atom stereocenters. The highest BCUT2D eigenvalue weighted by Gasteiger charge is 2.32. The fourth-order valence-electron chi connectivity index (χ4n) is 1.37. The molecule has 0 radical (unpaired) electrons. The number of hydrogen-bond acceptors (Lipinski definition) is 4. The fraction of sp³-hybridized carbons (Fsp3) is 0.500. The van der Waals surface area contributed by atoms with Crippen LogP contribution in [0, 0.1) is 0 Å². The summed E-state index contributed by atoms with van der Waals surface area (Å²) in [5, 5.41) is 8.89. The normalized spacial score (nSPS) is 13.4. The van der Waals surface area contributed by atoms with Crippen molar-refractivity contribution in [1.82, 2.24) is 4.98 Å². The smallest absolute Gasteiger partial charge is 0.321 e. The molecule has 0 aliphatic carbocycles. The number of pyridine rings is 1. The van der Waals surface area contributed by atoms with Crippen molar-refractivity contribution < 1.29 is 9.90 Å². The fourth-order valence-corrected chi connectivity index (χ4v) is 2.51. The summed E-state index contributed by atoms with van der Waals surface area (Å²) in [6, 6.07) is 3.08. The molecule has 4 nitrogen and oxygen atoms in total. The molecule has 17 heavy (non-hydrogen) atoms. The first-order chi connectivity index (χ1) is 7.93. The summed E-state index contributed by atoms with van der Waals surface area (Å²) in [4.78, 5) is 14.8. The Morgan fingerprint density at radius 2 is 2.12 bits per heavy atom. The van der Waals surface area contributed by atoms with Crippen molar-refractivity contribution in [2.75, 3.05) is 5.75 Å². The van der Waals surface area contributed by atoms with E-state index < -0.39 is 16.8 Å². The molecular weight excluding hydrogens is 236 g/mol. The van der Waals surface area contributed by atoms with Gasteiger partial charge in [-0.05, 0) is 43.7 Å². The Kier molecular flexibility index (Phi) is 4.96. The lowest BCUT2D eigenvalue weighted by molar-refractivity contribution is -0.139. The van der Waals surface area contributed by atoms with E-state index in [0.717, 1.165) is 12.2 Å². The number of aromatic nitrogens is 1. The standard InChI is InChI=1S/C12H18N2O2S/c1-12(2,10(13)11(15)16)17-8-5-9-3-6-14-7-4-9/h3-4,6-7,10H,5,8,13H2,1-2H3,(H,15,16). The lowest BCUT2D eigenvalue weighted by Gasteiger charge is -2.27. The predicted octanol–water partition coefficient (Wildman–Crippen LogP) is 1.55. The first-order valence-electron chi connectivity index (χ1n) is 5.45. The van der Waals surface area contributed by atoms with Gasteiger partial charge in [-0.25, -0.2) is 0 Å². The number of thioether (sulfide) groups is 1. The van der Waals surface area contributed by atoms with E-state index in [2.05, 4.69) is 4.98 Å². The third kappa shape index (κ3) is 4.36. The quantitative estimate of drug-likeness (QED) is 0.805. The van der Waals surface area contributed by atoms with E-state index >= 15 is 0 Å². The number of aliphatic carboxylic acids is 1. The van der Waals surface area contributed by atoms with E-state index in [1.807, 2.05) is 26.0 Å². The molecule has 0 aliphatic heterocycles. The maximum Gasteiger partial charge on any atom is 0.321 e. The van der Waals surface area contributed by atoms with Gasteiger partial charge in [0.15, 0.2) is 0 Å². The van der Waals surface area contributed by atoms with Crippen LogP contribution in [-0.4, -0.2) is 32.6 Å². The van der Waals surface area contributed by atoms with Crippen molar-refractivity contribution in [1.29, 1.82) is 0 Å². The molecule has 1 heterocycles. The highest BCUT2D eigenvalue weighted by molar-refractivity contribution is 8.00. The van der Waals surface area contributed by atoms with Crippen molar-refractivity contribution in [2.45, 2.75) is 31.1 Å². The molecular formula is C12H18N2O2S. The minimum atomic E-state index is -0.952. The Bertz CT molecular complexity index is 368. The topological polar surface area (TPSA) is 76.2 Å². The molecule has 0 saturated heterocycles. The van der Waals surface area contributed by atoms with Crippen LogP contribution >= 0.6 is 11.8 Å². The molecule has 1 aromatic heterocycles. The summed E-state index contributed by atoms with van der Waals surface area (Å²) in [5.74, 6) is -0.107. The van der Waals surface area contributed by atoms with Crippen LogP contribution in [0.25, 0.3) is 0 Å². The van der Waals surface area contributed by atoms with Crippen molar-refractivity contribution >= 4 is 17.7 Å².